The van der Waals surface area contributed by atoms with E-state index in [0.717, 1.165) is 43.6 Å². The van der Waals surface area contributed by atoms with Crippen LogP contribution in [0.5, 0.6) is 0 Å². The number of ketones is 1. The molecule has 2 heterocycles. The second-order valence-corrected chi connectivity index (χ2v) is 12.1. The van der Waals surface area contributed by atoms with Gasteiger partial charge in [-0.2, -0.15) is 0 Å². The molecule has 11 heteroatoms. The third kappa shape index (κ3) is 6.55. The van der Waals surface area contributed by atoms with E-state index in [2.05, 4.69) is 0 Å². The highest BCUT2D eigenvalue weighted by molar-refractivity contribution is 7.21. The molecule has 0 radical (unpaired) electrons. The van der Waals surface area contributed by atoms with Gasteiger partial charge in [-0.25, -0.2) is 29.4 Å². The zero-order valence-corrected chi connectivity index (χ0v) is 25.8. The van der Waals surface area contributed by atoms with Gasteiger partial charge in [0.1, 0.15) is 9.75 Å². The van der Waals surface area contributed by atoms with Crippen LogP contribution in [-0.4, -0.2) is 38.2 Å². The van der Waals surface area contributed by atoms with Crippen LogP contribution in [0.4, 0.5) is 31.2 Å². The first-order valence-corrected chi connectivity index (χ1v) is 15.8. The van der Waals surface area contributed by atoms with E-state index in [1.54, 1.807) is 60.7 Å². The minimum absolute atomic E-state index is 0.124. The molecule has 0 aliphatic rings. The molecule has 0 aliphatic heterocycles. The number of rotatable bonds is 10. The molecule has 46 heavy (non-hydrogen) atoms. The van der Waals surface area contributed by atoms with Crippen molar-refractivity contribution in [1.29, 1.82) is 0 Å². The molecule has 0 saturated carbocycles. The van der Waals surface area contributed by atoms with Crippen LogP contribution in [0.15, 0.2) is 121 Å². The van der Waals surface area contributed by atoms with Crippen LogP contribution in [0.3, 0.4) is 0 Å². The Kier molecular flexibility index (Phi) is 8.95. The second-order valence-electron chi connectivity index (χ2n) is 10.1. The summed E-state index contributed by atoms with van der Waals surface area (Å²) in [6.07, 6.45) is -1.91. The van der Waals surface area contributed by atoms with Crippen molar-refractivity contribution in [3.63, 3.8) is 0 Å². The molecular formula is C35H26N4O5S2. The van der Waals surface area contributed by atoms with Crippen molar-refractivity contribution >= 4 is 62.3 Å². The molecule has 6 aromatic rings. The Labute approximate surface area is 272 Å². The summed E-state index contributed by atoms with van der Waals surface area (Å²) in [6, 6.07) is 36.1. The molecular weight excluding hydrogens is 621 g/mol. The molecule has 0 fully saturated rings. The standard InChI is InChI=1S/C35H26N4O5S2/c40-29(30-27(21-23-13-5-1-6-14-23)36-32(45-30)38(34(41)42)25-17-9-3-10-18-25)31-28(22-24-15-7-2-8-16-24)37-33(46-31)39(35(43)44)26-19-11-4-12-20-26/h1-20H,21-22H2,(H,41,42)(H,43,44). The Morgan fingerprint density at radius 2 is 0.848 bits per heavy atom. The molecule has 2 aromatic heterocycles. The lowest BCUT2D eigenvalue weighted by Gasteiger charge is -2.15. The van der Waals surface area contributed by atoms with Gasteiger partial charge in [0.2, 0.25) is 5.78 Å². The van der Waals surface area contributed by atoms with Crippen LogP contribution in [0.25, 0.3) is 0 Å². The van der Waals surface area contributed by atoms with Gasteiger partial charge in [-0.15, -0.1) is 0 Å². The van der Waals surface area contributed by atoms with Gasteiger partial charge in [-0.3, -0.25) is 4.79 Å². The maximum absolute atomic E-state index is 14.6. The lowest BCUT2D eigenvalue weighted by molar-refractivity contribution is 0.104. The average molecular weight is 647 g/mol. The Morgan fingerprint density at radius 3 is 1.17 bits per heavy atom. The Hall–Kier alpha value is -5.65. The molecule has 0 spiro atoms. The maximum Gasteiger partial charge on any atom is 0.418 e. The number of benzene rings is 4. The summed E-state index contributed by atoms with van der Waals surface area (Å²) in [5.41, 5.74) is 3.39. The highest BCUT2D eigenvalue weighted by Crippen LogP contribution is 2.38. The number of carboxylic acid groups (broad SMARTS) is 2. The molecule has 0 saturated heterocycles. The van der Waals surface area contributed by atoms with Gasteiger partial charge >= 0.3 is 12.2 Å². The predicted molar refractivity (Wildman–Crippen MR) is 179 cm³/mol. The van der Waals surface area contributed by atoms with Gasteiger partial charge < -0.3 is 10.2 Å². The largest absolute Gasteiger partial charge is 0.464 e. The van der Waals surface area contributed by atoms with Crippen molar-refractivity contribution in [3.8, 4) is 0 Å². The first-order chi connectivity index (χ1) is 22.4. The minimum Gasteiger partial charge on any atom is -0.464 e. The van der Waals surface area contributed by atoms with E-state index in [1.807, 2.05) is 60.7 Å². The number of aromatic nitrogens is 2. The maximum atomic E-state index is 14.6. The molecule has 0 bridgehead atoms. The van der Waals surface area contributed by atoms with Crippen molar-refractivity contribution in [2.24, 2.45) is 0 Å². The van der Waals surface area contributed by atoms with Gasteiger partial charge in [-0.05, 0) is 35.4 Å². The van der Waals surface area contributed by atoms with Crippen LogP contribution >= 0.6 is 22.7 Å². The molecule has 0 aliphatic carbocycles. The molecule has 9 nitrogen and oxygen atoms in total. The molecule has 0 atom stereocenters. The lowest BCUT2D eigenvalue weighted by atomic mass is 10.1. The Morgan fingerprint density at radius 1 is 0.522 bits per heavy atom. The van der Waals surface area contributed by atoms with Crippen LogP contribution in [0.1, 0.15) is 37.1 Å². The highest BCUT2D eigenvalue weighted by Gasteiger charge is 2.31. The molecule has 228 valence electrons. The number of hydrogen-bond acceptors (Lipinski definition) is 7. The zero-order valence-electron chi connectivity index (χ0n) is 24.2. The summed E-state index contributed by atoms with van der Waals surface area (Å²) in [5, 5.41) is 20.6. The first-order valence-electron chi connectivity index (χ1n) is 14.2. The predicted octanol–water partition coefficient (Wildman–Crippen LogP) is 8.64. The molecule has 2 amide bonds. The number of carbonyl (C=O) groups excluding carboxylic acids is 1. The van der Waals surface area contributed by atoms with Crippen molar-refractivity contribution in [2.75, 3.05) is 9.80 Å². The highest BCUT2D eigenvalue weighted by atomic mass is 32.1. The number of nitrogens with zero attached hydrogens (tertiary/aromatic N) is 4. The molecule has 6 rings (SSSR count). The lowest BCUT2D eigenvalue weighted by Crippen LogP contribution is -2.23. The number of para-hydroxylation sites is 2. The fraction of sp³-hybridized carbons (Fsp3) is 0.0571. The summed E-state index contributed by atoms with van der Waals surface area (Å²) >= 11 is 1.96. The SMILES string of the molecule is O=C(c1sc(N(C(=O)O)c2ccccc2)nc1Cc1ccccc1)c1sc(N(C(=O)O)c2ccccc2)nc1Cc1ccccc1. The monoisotopic (exact) mass is 646 g/mol. The van der Waals surface area contributed by atoms with Gasteiger partial charge in [0, 0.05) is 12.8 Å². The second kappa shape index (κ2) is 13.6. The number of thiazole rings is 2. The summed E-state index contributed by atoms with van der Waals surface area (Å²) in [4.78, 5) is 51.6. The summed E-state index contributed by atoms with van der Waals surface area (Å²) in [7, 11) is 0. The van der Waals surface area contributed by atoms with Crippen LogP contribution in [0, 0.1) is 0 Å². The summed E-state index contributed by atoms with van der Waals surface area (Å²) in [5.74, 6) is -0.402. The molecule has 4 aromatic carbocycles. The molecule has 0 unspecified atom stereocenters. The number of carbonyl (C=O) groups is 3. The van der Waals surface area contributed by atoms with E-state index in [-0.39, 0.29) is 32.9 Å². The van der Waals surface area contributed by atoms with Gasteiger partial charge in [0.25, 0.3) is 0 Å². The normalized spacial score (nSPS) is 10.8. The molecule has 2 N–H and O–H groups in total. The smallest absolute Gasteiger partial charge is 0.418 e. The zero-order chi connectivity index (χ0) is 32.0. The number of anilines is 4. The number of hydrogen-bond donors (Lipinski definition) is 2. The van der Waals surface area contributed by atoms with E-state index in [0.29, 0.717) is 22.8 Å². The summed E-state index contributed by atoms with van der Waals surface area (Å²) in [6.45, 7) is 0. The van der Waals surface area contributed by atoms with E-state index in [4.69, 9.17) is 9.97 Å². The minimum atomic E-state index is -1.24. The van der Waals surface area contributed by atoms with Crippen molar-refractivity contribution in [1.82, 2.24) is 9.97 Å². The first kappa shape index (κ1) is 30.4. The topological polar surface area (TPSA) is 124 Å². The van der Waals surface area contributed by atoms with Gasteiger partial charge in [0.05, 0.1) is 22.8 Å². The van der Waals surface area contributed by atoms with Crippen LogP contribution in [0.2, 0.25) is 0 Å². The number of amides is 2. The quantitative estimate of drug-likeness (QED) is 0.143. The third-order valence-corrected chi connectivity index (χ3v) is 9.17. The van der Waals surface area contributed by atoms with Crippen molar-refractivity contribution < 1.29 is 24.6 Å². The van der Waals surface area contributed by atoms with Gasteiger partial charge in [-0.1, -0.05) is 120 Å². The van der Waals surface area contributed by atoms with E-state index < -0.39 is 18.0 Å². The van der Waals surface area contributed by atoms with Crippen LogP contribution < -0.4 is 9.80 Å². The third-order valence-electron chi connectivity index (χ3n) is 7.01. The van der Waals surface area contributed by atoms with Crippen molar-refractivity contribution in [3.05, 3.63) is 154 Å². The fourth-order valence-electron chi connectivity index (χ4n) is 4.91. The van der Waals surface area contributed by atoms with E-state index in [9.17, 15) is 24.6 Å². The Bertz CT molecular complexity index is 1840. The summed E-state index contributed by atoms with van der Waals surface area (Å²) < 4.78 is 0. The van der Waals surface area contributed by atoms with E-state index >= 15 is 0 Å². The van der Waals surface area contributed by atoms with E-state index in [1.165, 1.54) is 0 Å². The Balaban J connectivity index is 1.49. The van der Waals surface area contributed by atoms with Crippen molar-refractivity contribution in [2.45, 2.75) is 12.8 Å². The van der Waals surface area contributed by atoms with Crippen LogP contribution in [-0.2, 0) is 12.8 Å². The average Bonchev–Trinajstić information content (AvgIpc) is 3.66. The fourth-order valence-corrected chi connectivity index (χ4v) is 7.06. The van der Waals surface area contributed by atoms with Gasteiger partial charge in [0.15, 0.2) is 10.3 Å².